The molecule has 7 atom stereocenters. The second-order valence-electron chi connectivity index (χ2n) is 9.26. The van der Waals surface area contributed by atoms with E-state index in [1.165, 1.54) is 11.9 Å². The molecular weight excluding hydrogens is 504 g/mol. The van der Waals surface area contributed by atoms with Crippen molar-refractivity contribution < 1.29 is 24.2 Å². The first-order valence-electron chi connectivity index (χ1n) is 11.9. The quantitative estimate of drug-likeness (QED) is 0.432. The number of anilines is 2. The van der Waals surface area contributed by atoms with Crippen molar-refractivity contribution in [3.63, 3.8) is 0 Å². The molecule has 4 rings (SSSR count). The Balaban J connectivity index is 1.67. The Labute approximate surface area is 208 Å². The van der Waals surface area contributed by atoms with Gasteiger partial charge in [-0.1, -0.05) is 15.9 Å². The van der Waals surface area contributed by atoms with Gasteiger partial charge in [0, 0.05) is 36.3 Å². The van der Waals surface area contributed by atoms with E-state index in [0.717, 1.165) is 18.8 Å². The summed E-state index contributed by atoms with van der Waals surface area (Å²) in [4.78, 5) is 43.5. The number of hydrogen-bond acceptors (Lipinski definition) is 6. The number of halogens is 1. The largest absolute Gasteiger partial charge is 0.394 e. The van der Waals surface area contributed by atoms with Gasteiger partial charge < -0.3 is 30.3 Å². The van der Waals surface area contributed by atoms with Gasteiger partial charge in [-0.15, -0.1) is 0 Å². The van der Waals surface area contributed by atoms with Crippen LogP contribution in [0.25, 0.3) is 0 Å². The maximum Gasteiger partial charge on any atom is 0.250 e. The number of rotatable bonds is 8. The van der Waals surface area contributed by atoms with E-state index in [-0.39, 0.29) is 29.2 Å². The fourth-order valence-electron chi connectivity index (χ4n) is 5.95. The summed E-state index contributed by atoms with van der Waals surface area (Å²) in [6.45, 7) is 7.32. The third kappa shape index (κ3) is 3.70. The molecule has 3 amide bonds. The molecule has 3 N–H and O–H groups in total. The maximum absolute atomic E-state index is 13.7. The number of hydrogen-bond donors (Lipinski definition) is 3. The van der Waals surface area contributed by atoms with Crippen LogP contribution in [-0.4, -0.2) is 83.1 Å². The first kappa shape index (κ1) is 24.9. The number of fused-ring (bicyclic) bond motifs is 1. The molecule has 9 nitrogen and oxygen atoms in total. The number of ether oxygens (including phenoxy) is 1. The number of aliphatic hydroxyl groups is 1. The summed E-state index contributed by atoms with van der Waals surface area (Å²) in [5, 5.41) is 15.5. The zero-order chi connectivity index (χ0) is 24.8. The molecular formula is C24H33BrN4O5. The normalized spacial score (nSPS) is 32.5. The number of benzene rings is 1. The van der Waals surface area contributed by atoms with Crippen molar-refractivity contribution in [3.05, 3.63) is 24.3 Å². The van der Waals surface area contributed by atoms with E-state index in [4.69, 9.17) is 4.74 Å². The lowest BCUT2D eigenvalue weighted by molar-refractivity contribution is -0.143. The predicted octanol–water partition coefficient (Wildman–Crippen LogP) is 1.35. The van der Waals surface area contributed by atoms with Gasteiger partial charge in [-0.2, -0.15) is 0 Å². The fourth-order valence-corrected chi connectivity index (χ4v) is 6.89. The smallest absolute Gasteiger partial charge is 0.250 e. The SMILES string of the molecule is CCN(CC)c1ccc(NC(=O)C2N([C@H](C)CO)C(=O)[C@@H]3[C@H](C(=O)NC)[C@H]4OC23CC4Br)cc1. The Hall–Kier alpha value is -2.17. The Bertz CT molecular complexity index is 955. The zero-order valence-electron chi connectivity index (χ0n) is 20.0. The molecule has 3 heterocycles. The minimum absolute atomic E-state index is 0.160. The topological polar surface area (TPSA) is 111 Å². The number of aliphatic hydroxyl groups excluding tert-OH is 1. The highest BCUT2D eigenvalue weighted by Crippen LogP contribution is 2.60. The molecule has 1 aromatic carbocycles. The average Bonchev–Trinajstić information content (AvgIpc) is 3.43. The van der Waals surface area contributed by atoms with Crippen molar-refractivity contribution in [2.45, 2.75) is 55.8 Å². The third-order valence-corrected chi connectivity index (χ3v) is 8.37. The van der Waals surface area contributed by atoms with E-state index < -0.39 is 35.6 Å². The Kier molecular flexibility index (Phi) is 6.94. The number of amides is 3. The lowest BCUT2D eigenvalue weighted by atomic mass is 9.70. The number of carbonyl (C=O) groups excluding carboxylic acids is 3. The van der Waals surface area contributed by atoms with Crippen LogP contribution in [0.1, 0.15) is 27.2 Å². The van der Waals surface area contributed by atoms with Crippen LogP contribution < -0.4 is 15.5 Å². The highest BCUT2D eigenvalue weighted by molar-refractivity contribution is 9.09. The Morgan fingerprint density at radius 2 is 1.91 bits per heavy atom. The fraction of sp³-hybridized carbons (Fsp3) is 0.625. The molecule has 0 aliphatic carbocycles. The molecule has 1 spiro atoms. The van der Waals surface area contributed by atoms with Gasteiger partial charge in [0.2, 0.25) is 17.7 Å². The molecule has 3 saturated heterocycles. The lowest BCUT2D eigenvalue weighted by Crippen LogP contribution is -2.56. The number of alkyl halides is 1. The molecule has 3 unspecified atom stereocenters. The Morgan fingerprint density at radius 3 is 2.47 bits per heavy atom. The molecule has 0 saturated carbocycles. The predicted molar refractivity (Wildman–Crippen MR) is 132 cm³/mol. The van der Waals surface area contributed by atoms with Crippen LogP contribution >= 0.6 is 15.9 Å². The number of nitrogens with one attached hydrogen (secondary N) is 2. The van der Waals surface area contributed by atoms with E-state index >= 15 is 0 Å². The van der Waals surface area contributed by atoms with Gasteiger partial charge in [-0.3, -0.25) is 14.4 Å². The number of nitrogens with zero attached hydrogens (tertiary/aromatic N) is 2. The van der Waals surface area contributed by atoms with Crippen molar-refractivity contribution in [2.24, 2.45) is 11.8 Å². The molecule has 3 aliphatic heterocycles. The van der Waals surface area contributed by atoms with E-state index in [0.29, 0.717) is 12.1 Å². The molecule has 2 bridgehead atoms. The summed E-state index contributed by atoms with van der Waals surface area (Å²) >= 11 is 3.62. The minimum Gasteiger partial charge on any atom is -0.394 e. The second-order valence-corrected chi connectivity index (χ2v) is 10.4. The van der Waals surface area contributed by atoms with E-state index in [1.54, 1.807) is 6.92 Å². The Morgan fingerprint density at radius 1 is 1.26 bits per heavy atom. The summed E-state index contributed by atoms with van der Waals surface area (Å²) in [6.07, 6.45) is -0.0704. The molecule has 10 heteroatoms. The minimum atomic E-state index is -1.14. The van der Waals surface area contributed by atoms with Crippen LogP contribution in [-0.2, 0) is 19.1 Å². The maximum atomic E-state index is 13.7. The van der Waals surface area contributed by atoms with Gasteiger partial charge in [0.25, 0.3) is 0 Å². The van der Waals surface area contributed by atoms with Crippen LogP contribution in [0.3, 0.4) is 0 Å². The molecule has 0 radical (unpaired) electrons. The van der Waals surface area contributed by atoms with Crippen molar-refractivity contribution in [1.29, 1.82) is 0 Å². The van der Waals surface area contributed by atoms with Crippen molar-refractivity contribution >= 4 is 45.0 Å². The van der Waals surface area contributed by atoms with Gasteiger partial charge in [0.15, 0.2) is 0 Å². The van der Waals surface area contributed by atoms with Gasteiger partial charge in [0.05, 0.1) is 30.6 Å². The van der Waals surface area contributed by atoms with Crippen LogP contribution in [0.2, 0.25) is 0 Å². The van der Waals surface area contributed by atoms with Gasteiger partial charge in [-0.25, -0.2) is 0 Å². The van der Waals surface area contributed by atoms with Crippen LogP contribution in [0.5, 0.6) is 0 Å². The molecule has 186 valence electrons. The summed E-state index contributed by atoms with van der Waals surface area (Å²) < 4.78 is 6.36. The van der Waals surface area contributed by atoms with Gasteiger partial charge in [-0.05, 0) is 51.5 Å². The third-order valence-electron chi connectivity index (χ3n) is 7.53. The second kappa shape index (κ2) is 9.47. The molecule has 3 aliphatic rings. The summed E-state index contributed by atoms with van der Waals surface area (Å²) in [7, 11) is 1.53. The van der Waals surface area contributed by atoms with Gasteiger partial charge in [0.1, 0.15) is 11.6 Å². The monoisotopic (exact) mass is 536 g/mol. The van der Waals surface area contributed by atoms with Crippen LogP contribution in [0.4, 0.5) is 11.4 Å². The van der Waals surface area contributed by atoms with Crippen LogP contribution in [0.15, 0.2) is 24.3 Å². The summed E-state index contributed by atoms with van der Waals surface area (Å²) in [5.41, 5.74) is 0.527. The standard InChI is InChI=1S/C24H33BrN4O5/c1-5-28(6-2)15-9-7-14(8-10-15)27-22(32)20-24-11-16(25)19(34-24)17(21(31)26-4)18(24)23(33)29(20)13(3)12-30/h7-10,13,16-20,30H,5-6,11-12H2,1-4H3,(H,26,31)(H,27,32)/t13-,16?,17+,18+,19+,20?,24?/m1/s1. The van der Waals surface area contributed by atoms with E-state index in [2.05, 4.69) is 45.3 Å². The van der Waals surface area contributed by atoms with Crippen molar-refractivity contribution in [1.82, 2.24) is 10.2 Å². The molecule has 0 aromatic heterocycles. The average molecular weight is 537 g/mol. The highest BCUT2D eigenvalue weighted by Gasteiger charge is 2.76. The summed E-state index contributed by atoms with van der Waals surface area (Å²) in [6, 6.07) is 6.01. The van der Waals surface area contributed by atoms with Crippen molar-refractivity contribution in [3.8, 4) is 0 Å². The first-order chi connectivity index (χ1) is 16.2. The molecule has 1 aromatic rings. The first-order valence-corrected chi connectivity index (χ1v) is 12.8. The highest BCUT2D eigenvalue weighted by atomic mass is 79.9. The lowest BCUT2D eigenvalue weighted by Gasteiger charge is -2.35. The number of carbonyl (C=O) groups is 3. The summed E-state index contributed by atoms with van der Waals surface area (Å²) in [5.74, 6) is -2.46. The van der Waals surface area contributed by atoms with E-state index in [1.807, 2.05) is 24.3 Å². The van der Waals surface area contributed by atoms with Crippen molar-refractivity contribution in [2.75, 3.05) is 37.0 Å². The molecule has 3 fully saturated rings. The van der Waals surface area contributed by atoms with E-state index in [9.17, 15) is 19.5 Å². The van der Waals surface area contributed by atoms with Gasteiger partial charge >= 0.3 is 0 Å². The molecule has 34 heavy (non-hydrogen) atoms. The van der Waals surface area contributed by atoms with Crippen LogP contribution in [0, 0.1) is 11.8 Å². The zero-order valence-corrected chi connectivity index (χ0v) is 21.5. The number of likely N-dealkylation sites (tertiary alicyclic amines) is 1.